The number of benzene rings is 1. The molecule has 0 atom stereocenters. The Morgan fingerprint density at radius 2 is 1.82 bits per heavy atom. The third-order valence-corrected chi connectivity index (χ3v) is 5.63. The van der Waals surface area contributed by atoms with E-state index in [0.29, 0.717) is 16.5 Å². The Bertz CT molecular complexity index is 969. The molecule has 1 aromatic carbocycles. The number of anilines is 2. The topological polar surface area (TPSA) is 52.0 Å². The molecule has 0 saturated carbocycles. The second kappa shape index (κ2) is 13.2. The minimum absolute atomic E-state index is 0.138. The molecule has 5 nitrogen and oxygen atoms in total. The molecule has 3 aromatic rings. The van der Waals surface area contributed by atoms with Crippen LogP contribution in [0.5, 0.6) is 5.75 Å². The first-order valence-electron chi connectivity index (χ1n) is 11.4. The number of unbranched alkanes of at least 4 members (excludes halogenated alkanes) is 5. The minimum Gasteiger partial charge on any atom is -0.493 e. The van der Waals surface area contributed by atoms with Crippen LogP contribution in [0, 0.1) is 0 Å². The summed E-state index contributed by atoms with van der Waals surface area (Å²) in [4.78, 5) is 8.51. The quantitative estimate of drug-likeness (QED) is 0.281. The third-order valence-electron chi connectivity index (χ3n) is 4.87. The predicted octanol–water partition coefficient (Wildman–Crippen LogP) is 8.07. The van der Waals surface area contributed by atoms with Crippen molar-refractivity contribution in [3.05, 3.63) is 41.7 Å². The Balaban J connectivity index is 0.00000187. The maximum Gasteiger partial charge on any atom is 0.420 e. The highest BCUT2D eigenvalue weighted by atomic mass is 32.1. The van der Waals surface area contributed by atoms with Crippen molar-refractivity contribution < 1.29 is 17.9 Å². The van der Waals surface area contributed by atoms with Crippen LogP contribution in [0.2, 0.25) is 0 Å². The van der Waals surface area contributed by atoms with E-state index in [4.69, 9.17) is 4.74 Å². The molecule has 0 radical (unpaired) electrons. The first-order valence-corrected chi connectivity index (χ1v) is 12.3. The Kier molecular flexibility index (Phi) is 10.7. The van der Waals surface area contributed by atoms with Crippen LogP contribution in [0.1, 0.15) is 64.9 Å². The molecule has 0 saturated heterocycles. The number of ether oxygens (including phenoxy) is 1. The number of halogens is 3. The van der Waals surface area contributed by atoms with E-state index < -0.39 is 11.7 Å². The van der Waals surface area contributed by atoms with Gasteiger partial charge in [0.05, 0.1) is 30.4 Å². The average molecular weight is 483 g/mol. The Labute approximate surface area is 198 Å². The summed E-state index contributed by atoms with van der Waals surface area (Å²) in [6, 6.07) is 4.02. The van der Waals surface area contributed by atoms with E-state index in [1.807, 2.05) is 30.8 Å². The van der Waals surface area contributed by atoms with E-state index in [9.17, 15) is 13.2 Å². The van der Waals surface area contributed by atoms with Gasteiger partial charge in [-0.15, -0.1) is 11.3 Å². The van der Waals surface area contributed by atoms with Crippen molar-refractivity contribution in [2.75, 3.05) is 11.9 Å². The normalized spacial score (nSPS) is 11.1. The van der Waals surface area contributed by atoms with Crippen molar-refractivity contribution in [3.8, 4) is 17.1 Å². The van der Waals surface area contributed by atoms with E-state index >= 15 is 0 Å². The van der Waals surface area contributed by atoms with Gasteiger partial charge < -0.3 is 14.6 Å². The standard InChI is InChI=1S/C22H27F3N4OS.C2H6/c1-3-4-5-6-7-8-11-30-20-10-9-16(12-17(20)22(23,24)25)27-21-28-18(14-31-21)19-13-26-15-29(19)2;1-2/h9-10,12-15H,3-8,11H2,1-2H3,(H,27,28);1-2H3. The number of thiazole rings is 1. The SMILES string of the molecule is CC.CCCCCCCCOc1ccc(Nc2nc(-c3cncn3C)cs2)cc1C(F)(F)F. The zero-order valence-corrected chi connectivity index (χ0v) is 20.5. The van der Waals surface area contributed by atoms with Gasteiger partial charge in [0, 0.05) is 18.1 Å². The van der Waals surface area contributed by atoms with Gasteiger partial charge in [-0.25, -0.2) is 9.97 Å². The van der Waals surface area contributed by atoms with E-state index in [0.717, 1.165) is 43.9 Å². The number of hydrogen-bond acceptors (Lipinski definition) is 5. The molecule has 9 heteroatoms. The fourth-order valence-electron chi connectivity index (χ4n) is 3.20. The summed E-state index contributed by atoms with van der Waals surface area (Å²) in [5, 5.41) is 5.30. The van der Waals surface area contributed by atoms with E-state index in [2.05, 4.69) is 22.2 Å². The lowest BCUT2D eigenvalue weighted by atomic mass is 10.1. The molecule has 0 amide bonds. The van der Waals surface area contributed by atoms with Crippen molar-refractivity contribution in [1.82, 2.24) is 14.5 Å². The number of aryl methyl sites for hydroxylation is 1. The molecule has 1 N–H and O–H groups in total. The second-order valence-corrected chi connectivity index (χ2v) is 8.24. The average Bonchev–Trinajstić information content (AvgIpc) is 3.43. The number of rotatable bonds is 11. The van der Waals surface area contributed by atoms with Gasteiger partial charge in [0.15, 0.2) is 5.13 Å². The lowest BCUT2D eigenvalue weighted by Crippen LogP contribution is -2.10. The highest BCUT2D eigenvalue weighted by Gasteiger charge is 2.34. The summed E-state index contributed by atoms with van der Waals surface area (Å²) in [5.41, 5.74) is 1.07. The summed E-state index contributed by atoms with van der Waals surface area (Å²) in [6.45, 7) is 6.43. The number of alkyl halides is 3. The van der Waals surface area contributed by atoms with Gasteiger partial charge in [0.1, 0.15) is 11.4 Å². The van der Waals surface area contributed by atoms with Gasteiger partial charge in [0.2, 0.25) is 0 Å². The maximum atomic E-state index is 13.6. The van der Waals surface area contributed by atoms with Gasteiger partial charge in [-0.1, -0.05) is 52.9 Å². The Morgan fingerprint density at radius 1 is 1.09 bits per heavy atom. The summed E-state index contributed by atoms with van der Waals surface area (Å²) < 4.78 is 48.1. The molecule has 3 rings (SSSR count). The molecule has 0 bridgehead atoms. The fourth-order valence-corrected chi connectivity index (χ4v) is 3.92. The van der Waals surface area contributed by atoms with Crippen LogP contribution in [0.15, 0.2) is 36.1 Å². The molecule has 2 heterocycles. The van der Waals surface area contributed by atoms with Crippen LogP contribution in [0.25, 0.3) is 11.4 Å². The molecule has 0 aliphatic carbocycles. The number of nitrogens with one attached hydrogen (secondary N) is 1. The van der Waals surface area contributed by atoms with Crippen molar-refractivity contribution >= 4 is 22.2 Å². The lowest BCUT2D eigenvalue weighted by Gasteiger charge is -2.15. The number of aromatic nitrogens is 3. The van der Waals surface area contributed by atoms with Crippen LogP contribution in [-0.4, -0.2) is 21.1 Å². The summed E-state index contributed by atoms with van der Waals surface area (Å²) in [7, 11) is 1.86. The minimum atomic E-state index is -4.50. The van der Waals surface area contributed by atoms with Gasteiger partial charge in [0.25, 0.3) is 0 Å². The zero-order chi connectivity index (χ0) is 24.3. The molecule has 0 aliphatic heterocycles. The largest absolute Gasteiger partial charge is 0.493 e. The number of nitrogens with zero attached hydrogens (tertiary/aromatic N) is 3. The summed E-state index contributed by atoms with van der Waals surface area (Å²) >= 11 is 1.32. The van der Waals surface area contributed by atoms with Crippen molar-refractivity contribution in [3.63, 3.8) is 0 Å². The molecule has 2 aromatic heterocycles. The van der Waals surface area contributed by atoms with Crippen molar-refractivity contribution in [1.29, 1.82) is 0 Å². The Hall–Kier alpha value is -2.55. The van der Waals surface area contributed by atoms with E-state index in [-0.39, 0.29) is 12.4 Å². The van der Waals surface area contributed by atoms with Crippen molar-refractivity contribution in [2.45, 2.75) is 65.5 Å². The van der Waals surface area contributed by atoms with E-state index in [1.54, 1.807) is 18.6 Å². The smallest absolute Gasteiger partial charge is 0.420 e. The monoisotopic (exact) mass is 482 g/mol. The number of imidazole rings is 1. The zero-order valence-electron chi connectivity index (χ0n) is 19.7. The first-order chi connectivity index (χ1) is 15.9. The van der Waals surface area contributed by atoms with Crippen LogP contribution in [-0.2, 0) is 13.2 Å². The highest BCUT2D eigenvalue weighted by Crippen LogP contribution is 2.39. The number of hydrogen-bond donors (Lipinski definition) is 1. The van der Waals surface area contributed by atoms with Gasteiger partial charge >= 0.3 is 6.18 Å². The first kappa shape index (κ1) is 26.7. The molecule has 0 unspecified atom stereocenters. The Morgan fingerprint density at radius 3 is 2.48 bits per heavy atom. The third kappa shape index (κ3) is 8.07. The molecular formula is C24H33F3N4OS. The van der Waals surface area contributed by atoms with Gasteiger partial charge in [-0.05, 0) is 24.6 Å². The maximum absolute atomic E-state index is 13.6. The lowest BCUT2D eigenvalue weighted by molar-refractivity contribution is -0.138. The highest BCUT2D eigenvalue weighted by molar-refractivity contribution is 7.14. The molecular weight excluding hydrogens is 449 g/mol. The second-order valence-electron chi connectivity index (χ2n) is 7.38. The molecule has 182 valence electrons. The van der Waals surface area contributed by atoms with Gasteiger partial charge in [-0.2, -0.15) is 13.2 Å². The predicted molar refractivity (Wildman–Crippen MR) is 129 cm³/mol. The van der Waals surface area contributed by atoms with Crippen LogP contribution < -0.4 is 10.1 Å². The van der Waals surface area contributed by atoms with E-state index in [1.165, 1.54) is 23.8 Å². The van der Waals surface area contributed by atoms with Gasteiger partial charge in [-0.3, -0.25) is 0 Å². The molecule has 33 heavy (non-hydrogen) atoms. The molecule has 0 fully saturated rings. The fraction of sp³-hybridized carbons (Fsp3) is 0.500. The summed E-state index contributed by atoms with van der Waals surface area (Å²) in [5.74, 6) is -0.138. The van der Waals surface area contributed by atoms with Crippen LogP contribution >= 0.6 is 11.3 Å². The van der Waals surface area contributed by atoms with Crippen LogP contribution in [0.3, 0.4) is 0 Å². The molecule has 0 aliphatic rings. The van der Waals surface area contributed by atoms with Crippen LogP contribution in [0.4, 0.5) is 24.0 Å². The summed E-state index contributed by atoms with van der Waals surface area (Å²) in [6.07, 6.45) is 5.16. The van der Waals surface area contributed by atoms with Crippen molar-refractivity contribution in [2.24, 2.45) is 7.05 Å². The molecule has 0 spiro atoms.